The fourth-order valence-electron chi connectivity index (χ4n) is 3.42. The lowest BCUT2D eigenvalue weighted by Crippen LogP contribution is -2.39. The van der Waals surface area contributed by atoms with E-state index in [1.807, 2.05) is 29.1 Å². The Bertz CT molecular complexity index is 820. The molecule has 27 heavy (non-hydrogen) atoms. The van der Waals surface area contributed by atoms with Crippen molar-refractivity contribution in [1.29, 1.82) is 0 Å². The second-order valence-corrected chi connectivity index (χ2v) is 7.08. The van der Waals surface area contributed by atoms with E-state index in [1.54, 1.807) is 14.1 Å². The van der Waals surface area contributed by atoms with Gasteiger partial charge in [0.15, 0.2) is 11.5 Å². The molecule has 1 atom stereocenters. The zero-order valence-corrected chi connectivity index (χ0v) is 15.6. The normalized spacial score (nSPS) is 18.4. The van der Waals surface area contributed by atoms with Gasteiger partial charge in [0.1, 0.15) is 6.61 Å². The van der Waals surface area contributed by atoms with E-state index in [0.717, 1.165) is 36.8 Å². The molecule has 1 amide bonds. The quantitative estimate of drug-likeness (QED) is 0.761. The topological polar surface area (TPSA) is 69.1 Å². The van der Waals surface area contributed by atoms with E-state index in [9.17, 15) is 4.79 Å². The summed E-state index contributed by atoms with van der Waals surface area (Å²) in [6.07, 6.45) is 1.82. The van der Waals surface area contributed by atoms with Crippen molar-refractivity contribution in [1.82, 2.24) is 19.6 Å². The molecule has 1 unspecified atom stereocenters. The van der Waals surface area contributed by atoms with Gasteiger partial charge in [-0.3, -0.25) is 14.4 Å². The first kappa shape index (κ1) is 17.8. The monoisotopic (exact) mass is 372 g/mol. The van der Waals surface area contributed by atoms with Crippen LogP contribution in [0.5, 0.6) is 11.5 Å². The largest absolute Gasteiger partial charge is 0.454 e. The molecule has 0 spiro atoms. The lowest BCUT2D eigenvalue weighted by atomic mass is 10.1. The molecule has 2 aromatic rings. The van der Waals surface area contributed by atoms with Crippen molar-refractivity contribution >= 4 is 5.91 Å². The fraction of sp³-hybridized carbons (Fsp3) is 0.474. The number of benzene rings is 1. The molecule has 0 radical (unpaired) electrons. The van der Waals surface area contributed by atoms with Gasteiger partial charge in [-0.05, 0) is 23.8 Å². The van der Waals surface area contributed by atoms with Crippen molar-refractivity contribution in [3.05, 3.63) is 41.7 Å². The molecule has 2 aliphatic heterocycles. The Kier molecular flexibility index (Phi) is 5.00. The van der Waals surface area contributed by atoms with E-state index in [2.05, 4.69) is 16.1 Å². The van der Waals surface area contributed by atoms with Gasteiger partial charge in [0.05, 0.1) is 18.3 Å². The molecule has 1 aromatic heterocycles. The first-order valence-corrected chi connectivity index (χ1v) is 9.01. The number of ether oxygens (including phenoxy) is 3. The van der Waals surface area contributed by atoms with Gasteiger partial charge < -0.3 is 19.1 Å². The van der Waals surface area contributed by atoms with Crippen LogP contribution in [0.4, 0.5) is 0 Å². The van der Waals surface area contributed by atoms with Gasteiger partial charge in [-0.25, -0.2) is 0 Å². The molecular formula is C19H24N4O4. The van der Waals surface area contributed by atoms with Gasteiger partial charge in [0.25, 0.3) is 0 Å². The summed E-state index contributed by atoms with van der Waals surface area (Å²) in [6.45, 7) is 3.25. The molecule has 0 fully saturated rings. The van der Waals surface area contributed by atoms with Crippen LogP contribution in [0.1, 0.15) is 17.3 Å². The van der Waals surface area contributed by atoms with Crippen LogP contribution in [0, 0.1) is 0 Å². The zero-order chi connectivity index (χ0) is 18.8. The second kappa shape index (κ2) is 7.58. The number of aromatic nitrogens is 2. The van der Waals surface area contributed by atoms with Crippen LogP contribution in [-0.4, -0.2) is 66.1 Å². The molecule has 0 saturated heterocycles. The number of carbonyl (C=O) groups excluding carboxylic acids is 1. The van der Waals surface area contributed by atoms with Gasteiger partial charge in [-0.1, -0.05) is 6.07 Å². The van der Waals surface area contributed by atoms with E-state index >= 15 is 0 Å². The van der Waals surface area contributed by atoms with Gasteiger partial charge in [-0.2, -0.15) is 5.10 Å². The van der Waals surface area contributed by atoms with Crippen molar-refractivity contribution in [3.63, 3.8) is 0 Å². The predicted molar refractivity (Wildman–Crippen MR) is 97.5 cm³/mol. The summed E-state index contributed by atoms with van der Waals surface area (Å²) in [6, 6.07) is 8.17. The van der Waals surface area contributed by atoms with Crippen molar-refractivity contribution in [3.8, 4) is 11.5 Å². The minimum Gasteiger partial charge on any atom is -0.454 e. The average Bonchev–Trinajstić information content (AvgIpc) is 3.29. The molecule has 4 rings (SSSR count). The fourth-order valence-corrected chi connectivity index (χ4v) is 3.42. The standard InChI is InChI=1S/C19H24N4O4/c1-21(2)19(24)12-25-11-16-10-22(9-15-5-6-20-23(15)16)8-14-3-4-17-18(7-14)27-13-26-17/h3-7,16H,8-13H2,1-2H3. The van der Waals surface area contributed by atoms with E-state index < -0.39 is 0 Å². The van der Waals surface area contributed by atoms with Crippen LogP contribution < -0.4 is 9.47 Å². The third kappa shape index (κ3) is 3.91. The molecule has 1 aromatic carbocycles. The third-order valence-corrected chi connectivity index (χ3v) is 4.83. The van der Waals surface area contributed by atoms with E-state index in [-0.39, 0.29) is 25.3 Å². The highest BCUT2D eigenvalue weighted by Gasteiger charge is 2.26. The minimum atomic E-state index is -0.0382. The Morgan fingerprint density at radius 3 is 3.00 bits per heavy atom. The van der Waals surface area contributed by atoms with Crippen LogP contribution in [0.3, 0.4) is 0 Å². The summed E-state index contributed by atoms with van der Waals surface area (Å²) in [4.78, 5) is 15.6. The van der Waals surface area contributed by atoms with E-state index in [1.165, 1.54) is 10.5 Å². The number of hydrogen-bond acceptors (Lipinski definition) is 6. The minimum absolute atomic E-state index is 0.0382. The molecule has 3 heterocycles. The Morgan fingerprint density at radius 1 is 1.30 bits per heavy atom. The molecule has 2 aliphatic rings. The maximum atomic E-state index is 11.7. The highest BCUT2D eigenvalue weighted by molar-refractivity contribution is 5.76. The highest BCUT2D eigenvalue weighted by atomic mass is 16.7. The summed E-state index contributed by atoms with van der Waals surface area (Å²) < 4.78 is 18.5. The number of nitrogens with zero attached hydrogens (tertiary/aromatic N) is 4. The van der Waals surface area contributed by atoms with E-state index in [0.29, 0.717) is 6.61 Å². The first-order chi connectivity index (χ1) is 13.1. The van der Waals surface area contributed by atoms with Crippen molar-refractivity contribution in [2.24, 2.45) is 0 Å². The second-order valence-electron chi connectivity index (χ2n) is 7.08. The Hall–Kier alpha value is -2.58. The SMILES string of the molecule is CN(C)C(=O)COCC1CN(Cc2ccc3c(c2)OCO3)Cc2ccnn21. The smallest absolute Gasteiger partial charge is 0.248 e. The number of rotatable bonds is 6. The average molecular weight is 372 g/mol. The van der Waals surface area contributed by atoms with Crippen LogP contribution >= 0.6 is 0 Å². The van der Waals surface area contributed by atoms with Gasteiger partial charge >= 0.3 is 0 Å². The molecule has 144 valence electrons. The predicted octanol–water partition coefficient (Wildman–Crippen LogP) is 1.27. The number of likely N-dealkylation sites (N-methyl/N-ethyl adjacent to an activating group) is 1. The molecule has 0 N–H and O–H groups in total. The van der Waals surface area contributed by atoms with Crippen molar-refractivity contribution < 1.29 is 19.0 Å². The van der Waals surface area contributed by atoms with Gasteiger partial charge in [-0.15, -0.1) is 0 Å². The Morgan fingerprint density at radius 2 is 2.15 bits per heavy atom. The summed E-state index contributed by atoms with van der Waals surface area (Å²) in [5.41, 5.74) is 2.32. The summed E-state index contributed by atoms with van der Waals surface area (Å²) in [7, 11) is 3.45. The Balaban J connectivity index is 1.41. The lowest BCUT2D eigenvalue weighted by molar-refractivity contribution is -0.134. The summed E-state index contributed by atoms with van der Waals surface area (Å²) in [5.74, 6) is 1.56. The van der Waals surface area contributed by atoms with Crippen LogP contribution in [-0.2, 0) is 22.6 Å². The first-order valence-electron chi connectivity index (χ1n) is 9.01. The molecule has 0 aliphatic carbocycles. The molecule has 8 heteroatoms. The number of carbonyl (C=O) groups is 1. The highest BCUT2D eigenvalue weighted by Crippen LogP contribution is 2.33. The maximum Gasteiger partial charge on any atom is 0.248 e. The summed E-state index contributed by atoms with van der Waals surface area (Å²) >= 11 is 0. The number of amides is 1. The molecular weight excluding hydrogens is 348 g/mol. The van der Waals surface area contributed by atoms with Crippen molar-refractivity contribution in [2.45, 2.75) is 19.1 Å². The van der Waals surface area contributed by atoms with Crippen LogP contribution in [0.25, 0.3) is 0 Å². The molecule has 0 saturated carbocycles. The zero-order valence-electron chi connectivity index (χ0n) is 15.6. The van der Waals surface area contributed by atoms with Crippen molar-refractivity contribution in [2.75, 3.05) is 40.6 Å². The number of fused-ring (bicyclic) bond motifs is 2. The Labute approximate surface area is 158 Å². The maximum absolute atomic E-state index is 11.7. The third-order valence-electron chi connectivity index (χ3n) is 4.83. The van der Waals surface area contributed by atoms with Crippen LogP contribution in [0.15, 0.2) is 30.5 Å². The van der Waals surface area contributed by atoms with Gasteiger partial charge in [0, 0.05) is 39.9 Å². The summed E-state index contributed by atoms with van der Waals surface area (Å²) in [5, 5.41) is 4.44. The van der Waals surface area contributed by atoms with Crippen LogP contribution in [0.2, 0.25) is 0 Å². The lowest BCUT2D eigenvalue weighted by Gasteiger charge is -2.33. The van der Waals surface area contributed by atoms with E-state index in [4.69, 9.17) is 14.2 Å². The molecule has 8 nitrogen and oxygen atoms in total. The van der Waals surface area contributed by atoms with Gasteiger partial charge in [0.2, 0.25) is 12.7 Å². The number of hydrogen-bond donors (Lipinski definition) is 0. The molecule has 0 bridgehead atoms.